The zero-order valence-electron chi connectivity index (χ0n) is 9.14. The van der Waals surface area contributed by atoms with Crippen molar-refractivity contribution in [2.75, 3.05) is 33.4 Å². The van der Waals surface area contributed by atoms with Crippen molar-refractivity contribution in [1.29, 1.82) is 0 Å². The van der Waals surface area contributed by atoms with Gasteiger partial charge < -0.3 is 14.8 Å². The van der Waals surface area contributed by atoms with Crippen molar-refractivity contribution in [1.82, 2.24) is 5.32 Å². The van der Waals surface area contributed by atoms with Gasteiger partial charge >= 0.3 is 0 Å². The predicted octanol–water partition coefficient (Wildman–Crippen LogP) is 1.43. The van der Waals surface area contributed by atoms with Gasteiger partial charge in [0.2, 0.25) is 0 Å². The van der Waals surface area contributed by atoms with Crippen LogP contribution < -0.4 is 5.32 Å². The van der Waals surface area contributed by atoms with E-state index in [4.69, 9.17) is 9.47 Å². The summed E-state index contributed by atoms with van der Waals surface area (Å²) in [7, 11) is 1.69. The third-order valence-electron chi connectivity index (χ3n) is 1.79. The number of ether oxygens (including phenoxy) is 2. The Hall–Kier alpha value is -0.120. The molecule has 0 spiro atoms. The largest absolute Gasteiger partial charge is 0.382 e. The fraction of sp³-hybridized carbons (Fsp3) is 1.00. The highest BCUT2D eigenvalue weighted by Gasteiger charge is 1.99. The van der Waals surface area contributed by atoms with Gasteiger partial charge in [-0.3, -0.25) is 0 Å². The minimum atomic E-state index is 0.206. The second-order valence-corrected chi connectivity index (χ2v) is 3.24. The van der Waals surface area contributed by atoms with Crippen LogP contribution in [0.5, 0.6) is 0 Å². The molecular weight excluding hydrogens is 166 g/mol. The van der Waals surface area contributed by atoms with E-state index in [1.54, 1.807) is 7.11 Å². The van der Waals surface area contributed by atoms with Crippen LogP contribution in [0.15, 0.2) is 0 Å². The van der Waals surface area contributed by atoms with E-state index >= 15 is 0 Å². The molecule has 0 rings (SSSR count). The quantitative estimate of drug-likeness (QED) is 0.557. The SMILES string of the molecule is CCCCNCCOC(C)COC. The third kappa shape index (κ3) is 9.80. The molecule has 0 amide bonds. The Morgan fingerprint density at radius 1 is 1.31 bits per heavy atom. The molecule has 0 radical (unpaired) electrons. The molecule has 13 heavy (non-hydrogen) atoms. The molecule has 0 fully saturated rings. The summed E-state index contributed by atoms with van der Waals surface area (Å²) in [5.74, 6) is 0. The molecule has 0 aliphatic heterocycles. The number of unbranched alkanes of at least 4 members (excludes halogenated alkanes) is 1. The van der Waals surface area contributed by atoms with Crippen LogP contribution in [0.1, 0.15) is 26.7 Å². The molecule has 0 aliphatic rings. The molecule has 0 saturated heterocycles. The van der Waals surface area contributed by atoms with E-state index in [1.165, 1.54) is 12.8 Å². The van der Waals surface area contributed by atoms with Crippen LogP contribution in [0, 0.1) is 0 Å². The highest BCUT2D eigenvalue weighted by Crippen LogP contribution is 1.89. The first-order chi connectivity index (χ1) is 6.31. The van der Waals surface area contributed by atoms with Gasteiger partial charge in [0.15, 0.2) is 0 Å². The van der Waals surface area contributed by atoms with Crippen molar-refractivity contribution in [3.8, 4) is 0 Å². The average molecular weight is 189 g/mol. The smallest absolute Gasteiger partial charge is 0.0780 e. The van der Waals surface area contributed by atoms with Gasteiger partial charge in [0.25, 0.3) is 0 Å². The lowest BCUT2D eigenvalue weighted by atomic mass is 10.3. The van der Waals surface area contributed by atoms with Gasteiger partial charge in [0.05, 0.1) is 19.3 Å². The Morgan fingerprint density at radius 2 is 2.08 bits per heavy atom. The highest BCUT2D eigenvalue weighted by molar-refractivity contribution is 4.49. The van der Waals surface area contributed by atoms with Crippen molar-refractivity contribution >= 4 is 0 Å². The monoisotopic (exact) mass is 189 g/mol. The molecule has 0 aliphatic carbocycles. The van der Waals surface area contributed by atoms with Crippen LogP contribution >= 0.6 is 0 Å². The standard InChI is InChI=1S/C10H23NO2/c1-4-5-6-11-7-8-13-10(2)9-12-3/h10-11H,4-9H2,1-3H3. The van der Waals surface area contributed by atoms with Crippen LogP contribution in [0.25, 0.3) is 0 Å². The first-order valence-corrected chi connectivity index (χ1v) is 5.12. The maximum Gasteiger partial charge on any atom is 0.0780 e. The Kier molecular flexibility index (Phi) is 9.87. The summed E-state index contributed by atoms with van der Waals surface area (Å²) < 4.78 is 10.4. The molecular formula is C10H23NO2. The van der Waals surface area contributed by atoms with Gasteiger partial charge in [-0.05, 0) is 19.9 Å². The molecule has 3 heteroatoms. The average Bonchev–Trinajstić information content (AvgIpc) is 2.11. The zero-order valence-corrected chi connectivity index (χ0v) is 9.14. The first-order valence-electron chi connectivity index (χ1n) is 5.12. The Morgan fingerprint density at radius 3 is 2.69 bits per heavy atom. The second kappa shape index (κ2) is 9.96. The summed E-state index contributed by atoms with van der Waals surface area (Å²) in [6.45, 7) is 7.70. The topological polar surface area (TPSA) is 30.5 Å². The molecule has 0 aromatic heterocycles. The van der Waals surface area contributed by atoms with E-state index in [0.717, 1.165) is 19.7 Å². The molecule has 1 unspecified atom stereocenters. The van der Waals surface area contributed by atoms with Gasteiger partial charge in [0.1, 0.15) is 0 Å². The van der Waals surface area contributed by atoms with Crippen molar-refractivity contribution in [3.05, 3.63) is 0 Å². The molecule has 0 heterocycles. The maximum atomic E-state index is 5.48. The Balaban J connectivity index is 2.97. The molecule has 1 N–H and O–H groups in total. The normalized spacial score (nSPS) is 13.2. The molecule has 0 bridgehead atoms. The lowest BCUT2D eigenvalue weighted by molar-refractivity contribution is 0.0108. The minimum Gasteiger partial charge on any atom is -0.382 e. The number of hydrogen-bond acceptors (Lipinski definition) is 3. The molecule has 0 aromatic rings. The van der Waals surface area contributed by atoms with Crippen LogP contribution in [0.4, 0.5) is 0 Å². The van der Waals surface area contributed by atoms with E-state index < -0.39 is 0 Å². The Labute approximate surface area is 81.8 Å². The number of nitrogens with one attached hydrogen (secondary N) is 1. The maximum absolute atomic E-state index is 5.48. The molecule has 1 atom stereocenters. The summed E-state index contributed by atoms with van der Waals surface area (Å²) in [6, 6.07) is 0. The van der Waals surface area contributed by atoms with Crippen molar-refractivity contribution in [2.45, 2.75) is 32.8 Å². The summed E-state index contributed by atoms with van der Waals surface area (Å²) in [5, 5.41) is 3.32. The molecule has 80 valence electrons. The molecule has 0 aromatic carbocycles. The van der Waals surface area contributed by atoms with E-state index in [0.29, 0.717) is 6.61 Å². The highest BCUT2D eigenvalue weighted by atomic mass is 16.5. The van der Waals surface area contributed by atoms with Crippen LogP contribution in [-0.2, 0) is 9.47 Å². The number of rotatable bonds is 9. The van der Waals surface area contributed by atoms with Crippen molar-refractivity contribution < 1.29 is 9.47 Å². The molecule has 0 saturated carbocycles. The van der Waals surface area contributed by atoms with Crippen LogP contribution in [0.2, 0.25) is 0 Å². The first kappa shape index (κ1) is 12.9. The van der Waals surface area contributed by atoms with E-state index in [9.17, 15) is 0 Å². The van der Waals surface area contributed by atoms with Gasteiger partial charge in [0, 0.05) is 13.7 Å². The van der Waals surface area contributed by atoms with Gasteiger partial charge in [-0.25, -0.2) is 0 Å². The fourth-order valence-electron chi connectivity index (χ4n) is 1.04. The lowest BCUT2D eigenvalue weighted by Gasteiger charge is -2.11. The number of methoxy groups -OCH3 is 1. The lowest BCUT2D eigenvalue weighted by Crippen LogP contribution is -2.24. The second-order valence-electron chi connectivity index (χ2n) is 3.24. The van der Waals surface area contributed by atoms with Crippen molar-refractivity contribution in [2.24, 2.45) is 0 Å². The van der Waals surface area contributed by atoms with E-state index in [2.05, 4.69) is 12.2 Å². The summed E-state index contributed by atoms with van der Waals surface area (Å²) in [5.41, 5.74) is 0. The van der Waals surface area contributed by atoms with Gasteiger partial charge in [-0.1, -0.05) is 13.3 Å². The van der Waals surface area contributed by atoms with Gasteiger partial charge in [-0.15, -0.1) is 0 Å². The predicted molar refractivity (Wildman–Crippen MR) is 55.1 cm³/mol. The van der Waals surface area contributed by atoms with E-state index in [1.807, 2.05) is 6.92 Å². The number of hydrogen-bond donors (Lipinski definition) is 1. The van der Waals surface area contributed by atoms with Crippen LogP contribution in [0.3, 0.4) is 0 Å². The third-order valence-corrected chi connectivity index (χ3v) is 1.79. The molecule has 3 nitrogen and oxygen atoms in total. The van der Waals surface area contributed by atoms with Gasteiger partial charge in [-0.2, -0.15) is 0 Å². The summed E-state index contributed by atoms with van der Waals surface area (Å²) in [4.78, 5) is 0. The fourth-order valence-corrected chi connectivity index (χ4v) is 1.04. The summed E-state index contributed by atoms with van der Waals surface area (Å²) >= 11 is 0. The Bertz CT molecular complexity index is 98.9. The zero-order chi connectivity index (χ0) is 9.94. The van der Waals surface area contributed by atoms with Crippen molar-refractivity contribution in [3.63, 3.8) is 0 Å². The van der Waals surface area contributed by atoms with Crippen LogP contribution in [-0.4, -0.2) is 39.5 Å². The minimum absolute atomic E-state index is 0.206. The summed E-state index contributed by atoms with van der Waals surface area (Å²) in [6.07, 6.45) is 2.69. The van der Waals surface area contributed by atoms with E-state index in [-0.39, 0.29) is 6.10 Å².